The summed E-state index contributed by atoms with van der Waals surface area (Å²) in [5, 5.41) is 7.24. The van der Waals surface area contributed by atoms with Gasteiger partial charge in [-0.25, -0.2) is 4.39 Å². The molecule has 8 heteroatoms. The molecule has 4 aromatic rings. The molecule has 0 spiro atoms. The Labute approximate surface area is 176 Å². The second-order valence-corrected chi connectivity index (χ2v) is 6.74. The molecule has 0 unspecified atom stereocenters. The van der Waals surface area contributed by atoms with Gasteiger partial charge in [-0.2, -0.15) is 4.98 Å². The number of nitrogens with zero attached hydrogens (tertiary/aromatic N) is 2. The molecular weight excluding hydrogens is 409 g/mol. The normalized spacial score (nSPS) is 10.6. The van der Waals surface area contributed by atoms with E-state index in [0.29, 0.717) is 33.4 Å². The fourth-order valence-corrected chi connectivity index (χ4v) is 2.81. The first kappa shape index (κ1) is 19.6. The van der Waals surface area contributed by atoms with Gasteiger partial charge in [0.2, 0.25) is 5.82 Å². The fraction of sp³-hybridized carbons (Fsp3) is 0.0455. The number of carbonyl (C=O) groups is 1. The first-order valence-electron chi connectivity index (χ1n) is 8.95. The molecule has 0 saturated carbocycles. The van der Waals surface area contributed by atoms with E-state index in [9.17, 15) is 9.18 Å². The zero-order valence-electron chi connectivity index (χ0n) is 15.5. The summed E-state index contributed by atoms with van der Waals surface area (Å²) in [6.07, 6.45) is 0. The Morgan fingerprint density at radius 3 is 2.60 bits per heavy atom. The lowest BCUT2D eigenvalue weighted by atomic mass is 10.2. The third-order valence-corrected chi connectivity index (χ3v) is 4.34. The van der Waals surface area contributed by atoms with Crippen LogP contribution in [0.4, 0.5) is 10.1 Å². The number of hydrogen-bond donors (Lipinski definition) is 1. The molecule has 0 aliphatic heterocycles. The number of benzene rings is 3. The van der Waals surface area contributed by atoms with Crippen LogP contribution in [0.1, 0.15) is 0 Å². The van der Waals surface area contributed by atoms with Crippen LogP contribution in [0.3, 0.4) is 0 Å². The van der Waals surface area contributed by atoms with Crippen molar-refractivity contribution in [1.82, 2.24) is 10.1 Å². The van der Waals surface area contributed by atoms with Crippen LogP contribution >= 0.6 is 11.6 Å². The third-order valence-electron chi connectivity index (χ3n) is 4.09. The Morgan fingerprint density at radius 2 is 1.80 bits per heavy atom. The van der Waals surface area contributed by atoms with Gasteiger partial charge < -0.3 is 14.6 Å². The highest BCUT2D eigenvalue weighted by Gasteiger charge is 2.12. The molecule has 30 heavy (non-hydrogen) atoms. The number of carbonyl (C=O) groups excluding carboxylic acids is 1. The standard InChI is InChI=1S/C22H15ClFN3O3/c23-16-7-9-18(10-8-16)25-20(28)13-29-19-6-2-3-14(12-19)21-26-22(30-27-21)15-4-1-5-17(24)11-15/h1-12H,13H2,(H,25,28). The van der Waals surface area contributed by atoms with Crippen LogP contribution in [-0.2, 0) is 4.79 Å². The molecule has 1 heterocycles. The summed E-state index contributed by atoms with van der Waals surface area (Å²) < 4.78 is 24.2. The SMILES string of the molecule is O=C(COc1cccc(-c2noc(-c3cccc(F)c3)n2)c1)Nc1ccc(Cl)cc1. The fourth-order valence-electron chi connectivity index (χ4n) is 2.68. The molecule has 0 atom stereocenters. The van der Waals surface area contributed by atoms with E-state index >= 15 is 0 Å². The monoisotopic (exact) mass is 423 g/mol. The molecule has 6 nitrogen and oxygen atoms in total. The molecule has 0 aliphatic carbocycles. The lowest BCUT2D eigenvalue weighted by Crippen LogP contribution is -2.20. The lowest BCUT2D eigenvalue weighted by molar-refractivity contribution is -0.118. The average Bonchev–Trinajstić information content (AvgIpc) is 3.25. The molecule has 150 valence electrons. The number of aromatic nitrogens is 2. The average molecular weight is 424 g/mol. The molecular formula is C22H15ClFN3O3. The van der Waals surface area contributed by atoms with Gasteiger partial charge in [-0.15, -0.1) is 0 Å². The van der Waals surface area contributed by atoms with Gasteiger partial charge in [0.1, 0.15) is 11.6 Å². The van der Waals surface area contributed by atoms with Gasteiger partial charge in [0.25, 0.3) is 11.8 Å². The number of nitrogens with one attached hydrogen (secondary N) is 1. The van der Waals surface area contributed by atoms with E-state index in [4.69, 9.17) is 20.9 Å². The quantitative estimate of drug-likeness (QED) is 0.460. The molecule has 1 N–H and O–H groups in total. The second-order valence-electron chi connectivity index (χ2n) is 6.31. The minimum absolute atomic E-state index is 0.174. The van der Waals surface area contributed by atoms with Gasteiger partial charge >= 0.3 is 0 Å². The van der Waals surface area contributed by atoms with Gasteiger partial charge in [0, 0.05) is 21.8 Å². The second kappa shape index (κ2) is 8.75. The van der Waals surface area contributed by atoms with Crippen LogP contribution in [0.25, 0.3) is 22.8 Å². The largest absolute Gasteiger partial charge is 0.484 e. The Kier molecular flexibility index (Phi) is 5.72. The first-order valence-corrected chi connectivity index (χ1v) is 9.33. The van der Waals surface area contributed by atoms with Crippen LogP contribution < -0.4 is 10.1 Å². The molecule has 0 saturated heterocycles. The van der Waals surface area contributed by atoms with E-state index < -0.39 is 0 Å². The maximum absolute atomic E-state index is 13.4. The minimum Gasteiger partial charge on any atom is -0.484 e. The van der Waals surface area contributed by atoms with Crippen molar-refractivity contribution in [2.24, 2.45) is 0 Å². The Morgan fingerprint density at radius 1 is 1.03 bits per heavy atom. The van der Waals surface area contributed by atoms with E-state index in [0.717, 1.165) is 0 Å². The summed E-state index contributed by atoms with van der Waals surface area (Å²) >= 11 is 5.83. The summed E-state index contributed by atoms with van der Waals surface area (Å²) in [7, 11) is 0. The molecule has 0 aliphatic rings. The van der Waals surface area contributed by atoms with E-state index in [1.165, 1.54) is 12.1 Å². The summed E-state index contributed by atoms with van der Waals surface area (Å²) in [4.78, 5) is 16.4. The van der Waals surface area contributed by atoms with Crippen molar-refractivity contribution in [3.63, 3.8) is 0 Å². The van der Waals surface area contributed by atoms with Gasteiger partial charge in [-0.1, -0.05) is 35.0 Å². The molecule has 4 rings (SSSR count). The smallest absolute Gasteiger partial charge is 0.262 e. The van der Waals surface area contributed by atoms with Gasteiger partial charge in [0.05, 0.1) is 0 Å². The molecule has 0 radical (unpaired) electrons. The highest BCUT2D eigenvalue weighted by atomic mass is 35.5. The number of anilines is 1. The number of hydrogen-bond acceptors (Lipinski definition) is 5. The van der Waals surface area contributed by atoms with Gasteiger partial charge in [0.15, 0.2) is 6.61 Å². The zero-order chi connectivity index (χ0) is 20.9. The van der Waals surface area contributed by atoms with E-state index in [1.54, 1.807) is 60.7 Å². The Hall–Kier alpha value is -3.71. The predicted molar refractivity (Wildman–Crippen MR) is 111 cm³/mol. The van der Waals surface area contributed by atoms with Crippen molar-refractivity contribution in [2.45, 2.75) is 0 Å². The Balaban J connectivity index is 1.41. The highest BCUT2D eigenvalue weighted by molar-refractivity contribution is 6.30. The topological polar surface area (TPSA) is 77.2 Å². The van der Waals surface area contributed by atoms with Crippen molar-refractivity contribution in [1.29, 1.82) is 0 Å². The van der Waals surface area contributed by atoms with Crippen molar-refractivity contribution in [3.8, 4) is 28.6 Å². The van der Waals surface area contributed by atoms with E-state index in [2.05, 4.69) is 15.5 Å². The van der Waals surface area contributed by atoms with Crippen LogP contribution in [0.15, 0.2) is 77.3 Å². The lowest BCUT2D eigenvalue weighted by Gasteiger charge is -2.08. The summed E-state index contributed by atoms with van der Waals surface area (Å²) in [5.41, 5.74) is 1.75. The molecule has 1 amide bonds. The van der Waals surface area contributed by atoms with Crippen LogP contribution in [-0.4, -0.2) is 22.7 Å². The molecule has 0 fully saturated rings. The number of halogens is 2. The zero-order valence-corrected chi connectivity index (χ0v) is 16.3. The Bertz CT molecular complexity index is 1180. The van der Waals surface area contributed by atoms with Gasteiger partial charge in [-0.3, -0.25) is 4.79 Å². The summed E-state index contributed by atoms with van der Waals surface area (Å²) in [6.45, 7) is -0.174. The maximum atomic E-state index is 13.4. The number of rotatable bonds is 6. The third kappa shape index (κ3) is 4.82. The minimum atomic E-state index is -0.389. The van der Waals surface area contributed by atoms with Gasteiger partial charge in [-0.05, 0) is 54.6 Å². The number of ether oxygens (including phenoxy) is 1. The number of amides is 1. The van der Waals surface area contributed by atoms with E-state index in [1.807, 2.05) is 0 Å². The van der Waals surface area contributed by atoms with E-state index in [-0.39, 0.29) is 24.2 Å². The maximum Gasteiger partial charge on any atom is 0.262 e. The van der Waals surface area contributed by atoms with Crippen LogP contribution in [0.5, 0.6) is 5.75 Å². The molecule has 0 bridgehead atoms. The van der Waals surface area contributed by atoms with Crippen LogP contribution in [0.2, 0.25) is 5.02 Å². The summed E-state index contributed by atoms with van der Waals surface area (Å²) in [6, 6.07) is 19.6. The molecule has 1 aromatic heterocycles. The molecule has 3 aromatic carbocycles. The highest BCUT2D eigenvalue weighted by Crippen LogP contribution is 2.25. The predicted octanol–water partition coefficient (Wildman–Crippen LogP) is 5.21. The summed E-state index contributed by atoms with van der Waals surface area (Å²) in [5.74, 6) is 0.301. The van der Waals surface area contributed by atoms with Crippen LogP contribution in [0, 0.1) is 5.82 Å². The van der Waals surface area contributed by atoms with Crippen molar-refractivity contribution in [2.75, 3.05) is 11.9 Å². The van der Waals surface area contributed by atoms with Crippen molar-refractivity contribution in [3.05, 3.63) is 83.6 Å². The van der Waals surface area contributed by atoms with Crippen molar-refractivity contribution < 1.29 is 18.4 Å². The van der Waals surface area contributed by atoms with Crippen molar-refractivity contribution >= 4 is 23.2 Å². The first-order chi connectivity index (χ1) is 14.6.